The summed E-state index contributed by atoms with van der Waals surface area (Å²) in [6, 6.07) is 10.5. The Morgan fingerprint density at radius 3 is 2.65 bits per heavy atom. The standard InChI is InChI=1S/C30H31FN6O4S2/c1-17-21-9-12-42-27(21)8-11-36(17)30(39)25-14-26(18-3-4-18)37-28(32-25)15-24(33-37)22-6-5-20(13-23(22)31)35-10-7-19(16-35)29(38)34-43(2,40)41/h5-6,9,12-15,17-19H,3-4,7-8,10-11,16H2,1-2H3,(H,34,38)/t17-,19+/m1/s1. The van der Waals surface area contributed by atoms with Gasteiger partial charge in [0.25, 0.3) is 5.91 Å². The molecule has 3 aromatic heterocycles. The quantitative estimate of drug-likeness (QED) is 0.344. The zero-order valence-electron chi connectivity index (χ0n) is 23.8. The molecule has 13 heteroatoms. The summed E-state index contributed by atoms with van der Waals surface area (Å²) in [5.41, 5.74) is 4.33. The number of nitrogens with one attached hydrogen (secondary N) is 1. The van der Waals surface area contributed by atoms with Crippen molar-refractivity contribution in [3.05, 3.63) is 69.4 Å². The smallest absolute Gasteiger partial charge is 0.273 e. The molecule has 2 aliphatic heterocycles. The monoisotopic (exact) mass is 622 g/mol. The van der Waals surface area contributed by atoms with Gasteiger partial charge in [0.15, 0.2) is 5.65 Å². The highest BCUT2D eigenvalue weighted by Crippen LogP contribution is 2.41. The number of carbonyl (C=O) groups excluding carboxylic acids is 2. The Morgan fingerprint density at radius 2 is 1.91 bits per heavy atom. The van der Waals surface area contributed by atoms with Crippen molar-refractivity contribution in [3.8, 4) is 11.3 Å². The van der Waals surface area contributed by atoms with Crippen LogP contribution in [0.5, 0.6) is 0 Å². The molecule has 0 radical (unpaired) electrons. The molecule has 3 aliphatic rings. The number of anilines is 1. The Balaban J connectivity index is 1.15. The van der Waals surface area contributed by atoms with Crippen molar-refractivity contribution >= 4 is 44.5 Å². The normalized spacial score (nSPS) is 20.4. The van der Waals surface area contributed by atoms with Crippen molar-refractivity contribution in [2.24, 2.45) is 5.92 Å². The minimum Gasteiger partial charge on any atom is -0.371 e. The molecular weight excluding hydrogens is 592 g/mol. The number of nitrogens with zero attached hydrogens (tertiary/aromatic N) is 5. The number of benzene rings is 1. The fraction of sp³-hybridized carbons (Fsp3) is 0.400. The fourth-order valence-electron chi connectivity index (χ4n) is 6.23. The Kier molecular flexibility index (Phi) is 6.77. The lowest BCUT2D eigenvalue weighted by Gasteiger charge is -2.33. The summed E-state index contributed by atoms with van der Waals surface area (Å²) in [6.07, 6.45) is 4.25. The number of aromatic nitrogens is 3. The summed E-state index contributed by atoms with van der Waals surface area (Å²) < 4.78 is 42.2. The van der Waals surface area contributed by atoms with Crippen LogP contribution < -0.4 is 9.62 Å². The van der Waals surface area contributed by atoms with E-state index in [1.54, 1.807) is 34.1 Å². The average Bonchev–Trinajstić information content (AvgIpc) is 3.34. The first-order chi connectivity index (χ1) is 20.6. The minimum absolute atomic E-state index is 0.0297. The molecular formula is C30H31FN6O4S2. The van der Waals surface area contributed by atoms with Crippen LogP contribution in [0.25, 0.3) is 16.9 Å². The largest absolute Gasteiger partial charge is 0.371 e. The van der Waals surface area contributed by atoms with Gasteiger partial charge < -0.3 is 9.80 Å². The SMILES string of the molecule is C[C@@H]1c2ccsc2CCN1C(=O)c1cc(C2CC2)n2nc(-c3ccc(N4CC[C@H](C(=O)NS(C)(=O)=O)C4)cc3F)cc2n1. The number of fused-ring (bicyclic) bond motifs is 2. The maximum absolute atomic E-state index is 15.5. The van der Waals surface area contributed by atoms with E-state index < -0.39 is 27.7 Å². The van der Waals surface area contributed by atoms with Gasteiger partial charge in [0, 0.05) is 53.4 Å². The van der Waals surface area contributed by atoms with Gasteiger partial charge in [-0.3, -0.25) is 14.3 Å². The number of carbonyl (C=O) groups is 2. The molecule has 7 rings (SSSR count). The first-order valence-corrected chi connectivity index (χ1v) is 17.2. The van der Waals surface area contributed by atoms with Gasteiger partial charge in [0.05, 0.1) is 23.9 Å². The molecule has 0 bridgehead atoms. The van der Waals surface area contributed by atoms with Gasteiger partial charge in [-0.05, 0) is 73.9 Å². The Hall–Kier alpha value is -3.84. The zero-order chi connectivity index (χ0) is 30.0. The predicted molar refractivity (Wildman–Crippen MR) is 161 cm³/mol. The van der Waals surface area contributed by atoms with Crippen molar-refractivity contribution in [1.82, 2.24) is 24.2 Å². The molecule has 10 nitrogen and oxygen atoms in total. The summed E-state index contributed by atoms with van der Waals surface area (Å²) in [7, 11) is -3.64. The third-order valence-corrected chi connectivity index (χ3v) is 10.2. The van der Waals surface area contributed by atoms with Gasteiger partial charge in [-0.2, -0.15) is 5.10 Å². The first-order valence-electron chi connectivity index (χ1n) is 14.4. The van der Waals surface area contributed by atoms with Gasteiger partial charge in [-0.15, -0.1) is 11.3 Å². The number of hydrogen-bond donors (Lipinski definition) is 1. The number of amides is 2. The maximum atomic E-state index is 15.5. The first kappa shape index (κ1) is 28.0. The van der Waals surface area contributed by atoms with Gasteiger partial charge in [-0.25, -0.2) is 22.3 Å². The fourth-order valence-corrected chi connectivity index (χ4v) is 7.72. The summed E-state index contributed by atoms with van der Waals surface area (Å²) >= 11 is 1.73. The highest BCUT2D eigenvalue weighted by atomic mass is 32.2. The molecule has 1 saturated heterocycles. The highest BCUT2D eigenvalue weighted by molar-refractivity contribution is 7.89. The molecule has 2 amide bonds. The maximum Gasteiger partial charge on any atom is 0.273 e. The Morgan fingerprint density at radius 1 is 1.09 bits per heavy atom. The van der Waals surface area contributed by atoms with E-state index in [9.17, 15) is 18.0 Å². The third kappa shape index (κ3) is 5.29. The molecule has 224 valence electrons. The molecule has 2 atom stereocenters. The third-order valence-electron chi connectivity index (χ3n) is 8.65. The lowest BCUT2D eigenvalue weighted by Crippen LogP contribution is -2.38. The molecule has 43 heavy (non-hydrogen) atoms. The second-order valence-electron chi connectivity index (χ2n) is 11.7. The van der Waals surface area contributed by atoms with Crippen LogP contribution in [0.4, 0.5) is 10.1 Å². The molecule has 4 aromatic rings. The van der Waals surface area contributed by atoms with Gasteiger partial charge in [0.2, 0.25) is 15.9 Å². The molecule has 2 fully saturated rings. The lowest BCUT2D eigenvalue weighted by atomic mass is 10.0. The van der Waals surface area contributed by atoms with E-state index >= 15 is 4.39 Å². The predicted octanol–water partition coefficient (Wildman–Crippen LogP) is 4.14. The van der Waals surface area contributed by atoms with Crippen molar-refractivity contribution in [3.63, 3.8) is 0 Å². The van der Waals surface area contributed by atoms with Crippen LogP contribution in [-0.2, 0) is 21.2 Å². The van der Waals surface area contributed by atoms with Crippen molar-refractivity contribution in [2.45, 2.75) is 44.6 Å². The van der Waals surface area contributed by atoms with Crippen LogP contribution in [0.15, 0.2) is 41.8 Å². The Labute approximate surface area is 252 Å². The number of thiophene rings is 1. The molecule has 5 heterocycles. The molecule has 0 spiro atoms. The molecule has 1 aliphatic carbocycles. The number of hydrogen-bond acceptors (Lipinski definition) is 8. The van der Waals surface area contributed by atoms with Crippen LogP contribution in [-0.4, -0.2) is 65.6 Å². The van der Waals surface area contributed by atoms with Crippen LogP contribution in [0.2, 0.25) is 0 Å². The van der Waals surface area contributed by atoms with E-state index in [-0.39, 0.29) is 17.9 Å². The molecule has 1 saturated carbocycles. The highest BCUT2D eigenvalue weighted by Gasteiger charge is 2.34. The summed E-state index contributed by atoms with van der Waals surface area (Å²) in [6.45, 7) is 3.49. The minimum atomic E-state index is -3.64. The van der Waals surface area contributed by atoms with Gasteiger partial charge >= 0.3 is 0 Å². The van der Waals surface area contributed by atoms with Crippen LogP contribution in [0.1, 0.15) is 64.8 Å². The molecule has 1 aromatic carbocycles. The van der Waals surface area contributed by atoms with E-state index in [4.69, 9.17) is 10.1 Å². The summed E-state index contributed by atoms with van der Waals surface area (Å²) in [5, 5.41) is 6.80. The summed E-state index contributed by atoms with van der Waals surface area (Å²) in [4.78, 5) is 35.8. The van der Waals surface area contributed by atoms with E-state index in [2.05, 4.69) is 18.4 Å². The van der Waals surface area contributed by atoms with Crippen molar-refractivity contribution in [1.29, 1.82) is 0 Å². The Bertz CT molecular complexity index is 1880. The van der Waals surface area contributed by atoms with Crippen LogP contribution >= 0.6 is 11.3 Å². The topological polar surface area (TPSA) is 117 Å². The molecule has 1 N–H and O–H groups in total. The second-order valence-corrected chi connectivity index (χ2v) is 14.4. The molecule has 0 unspecified atom stereocenters. The zero-order valence-corrected chi connectivity index (χ0v) is 25.4. The lowest BCUT2D eigenvalue weighted by molar-refractivity contribution is -0.122. The number of rotatable bonds is 6. The van der Waals surface area contributed by atoms with Gasteiger partial charge in [-0.1, -0.05) is 0 Å². The average molecular weight is 623 g/mol. The number of halogens is 1. The van der Waals surface area contributed by atoms with E-state index in [1.807, 2.05) is 20.6 Å². The van der Waals surface area contributed by atoms with E-state index in [0.29, 0.717) is 54.3 Å². The van der Waals surface area contributed by atoms with Crippen molar-refractivity contribution in [2.75, 3.05) is 30.8 Å². The van der Waals surface area contributed by atoms with Crippen LogP contribution in [0, 0.1) is 11.7 Å². The van der Waals surface area contributed by atoms with Gasteiger partial charge in [0.1, 0.15) is 11.5 Å². The summed E-state index contributed by atoms with van der Waals surface area (Å²) in [5.74, 6) is -1.35. The van der Waals surface area contributed by atoms with E-state index in [1.165, 1.54) is 16.5 Å². The van der Waals surface area contributed by atoms with Crippen LogP contribution in [0.3, 0.4) is 0 Å². The van der Waals surface area contributed by atoms with E-state index in [0.717, 1.165) is 31.2 Å². The second kappa shape index (κ2) is 10.4. The van der Waals surface area contributed by atoms with Crippen molar-refractivity contribution < 1.29 is 22.4 Å². The number of sulfonamides is 1.